The molecule has 69 valence electrons. The molecule has 2 aromatic rings. The number of benzene rings is 1. The molecule has 0 aliphatic carbocycles. The van der Waals surface area contributed by atoms with E-state index in [0.717, 1.165) is 16.9 Å². The minimum Gasteiger partial charge on any atom is -0.495 e. The van der Waals surface area contributed by atoms with Crippen LogP contribution in [0.1, 0.15) is 0 Å². The van der Waals surface area contributed by atoms with Gasteiger partial charge in [-0.25, -0.2) is 0 Å². The van der Waals surface area contributed by atoms with Crippen LogP contribution < -0.4 is 4.74 Å². The normalized spacial score (nSPS) is 9.79. The summed E-state index contributed by atoms with van der Waals surface area (Å²) in [6.07, 6.45) is 3.51. The lowest BCUT2D eigenvalue weighted by Gasteiger charge is -2.03. The molecule has 2 nitrogen and oxygen atoms in total. The van der Waals surface area contributed by atoms with Gasteiger partial charge in [0.1, 0.15) is 5.75 Å². The molecule has 1 heterocycles. The molecule has 1 aromatic carbocycles. The third-order valence-electron chi connectivity index (χ3n) is 2.00. The molecule has 0 aliphatic heterocycles. The van der Waals surface area contributed by atoms with E-state index in [0.29, 0.717) is 0 Å². The molecule has 0 amide bonds. The van der Waals surface area contributed by atoms with Crippen molar-refractivity contribution in [2.45, 2.75) is 0 Å². The van der Waals surface area contributed by atoms with Crippen LogP contribution in [0.4, 0.5) is 0 Å². The van der Waals surface area contributed by atoms with E-state index in [1.165, 1.54) is 0 Å². The monoisotopic (exact) mass is 184 g/mol. The van der Waals surface area contributed by atoms with Gasteiger partial charge in [0.15, 0.2) is 0 Å². The van der Waals surface area contributed by atoms with E-state index in [-0.39, 0.29) is 0 Å². The van der Waals surface area contributed by atoms with Crippen molar-refractivity contribution in [2.75, 3.05) is 7.11 Å². The highest BCUT2D eigenvalue weighted by Gasteiger charge is 1.98. The highest BCUT2D eigenvalue weighted by atomic mass is 16.5. The second-order valence-electron chi connectivity index (χ2n) is 2.90. The van der Waals surface area contributed by atoms with Gasteiger partial charge < -0.3 is 4.74 Å². The maximum Gasteiger partial charge on any atom is 0.137 e. The van der Waals surface area contributed by atoms with Gasteiger partial charge in [0.05, 0.1) is 13.3 Å². The number of nitrogens with zero attached hydrogens (tertiary/aromatic N) is 1. The average Bonchev–Trinajstić information content (AvgIpc) is 2.30. The number of methoxy groups -OCH3 is 1. The van der Waals surface area contributed by atoms with Crippen LogP contribution in [0.25, 0.3) is 11.1 Å². The highest BCUT2D eigenvalue weighted by Crippen LogP contribution is 2.21. The van der Waals surface area contributed by atoms with Gasteiger partial charge in [-0.2, -0.15) is 0 Å². The molecule has 0 saturated carbocycles. The van der Waals surface area contributed by atoms with Crippen LogP contribution >= 0.6 is 0 Å². The van der Waals surface area contributed by atoms with Crippen molar-refractivity contribution < 1.29 is 4.74 Å². The van der Waals surface area contributed by atoms with Crippen molar-refractivity contribution in [3.8, 4) is 16.9 Å². The van der Waals surface area contributed by atoms with Gasteiger partial charge in [-0.05, 0) is 17.7 Å². The van der Waals surface area contributed by atoms with E-state index in [4.69, 9.17) is 4.74 Å². The average molecular weight is 184 g/mol. The summed E-state index contributed by atoms with van der Waals surface area (Å²) >= 11 is 0. The van der Waals surface area contributed by atoms with Crippen molar-refractivity contribution >= 4 is 0 Å². The van der Waals surface area contributed by atoms with Gasteiger partial charge >= 0.3 is 0 Å². The first-order valence-corrected chi connectivity index (χ1v) is 4.35. The Hall–Kier alpha value is -1.83. The van der Waals surface area contributed by atoms with E-state index < -0.39 is 0 Å². The molecule has 1 aromatic heterocycles. The summed E-state index contributed by atoms with van der Waals surface area (Å²) in [7, 11) is 1.64. The van der Waals surface area contributed by atoms with Crippen molar-refractivity contribution in [3.63, 3.8) is 0 Å². The second-order valence-corrected chi connectivity index (χ2v) is 2.90. The fourth-order valence-electron chi connectivity index (χ4n) is 1.27. The van der Waals surface area contributed by atoms with Gasteiger partial charge in [0, 0.05) is 11.8 Å². The topological polar surface area (TPSA) is 22.1 Å². The minimum absolute atomic E-state index is 0.773. The molecule has 2 rings (SSSR count). The number of hydrogen-bond donors (Lipinski definition) is 0. The number of rotatable bonds is 2. The first-order valence-electron chi connectivity index (χ1n) is 4.35. The van der Waals surface area contributed by atoms with Crippen LogP contribution in [0, 0.1) is 6.07 Å². The maximum absolute atomic E-state index is 5.11. The Morgan fingerprint density at radius 3 is 2.64 bits per heavy atom. The zero-order valence-electron chi connectivity index (χ0n) is 7.90. The van der Waals surface area contributed by atoms with Crippen molar-refractivity contribution in [2.24, 2.45) is 0 Å². The zero-order valence-corrected chi connectivity index (χ0v) is 7.90. The standard InChI is InChI=1S/C12H10NO/c1-14-12-7-11(8-13-9-12)10-5-3-2-4-6-10/h3-9H,1H3. The van der Waals surface area contributed by atoms with Gasteiger partial charge in [-0.1, -0.05) is 24.3 Å². The molecular weight excluding hydrogens is 174 g/mol. The summed E-state index contributed by atoms with van der Waals surface area (Å²) in [6.45, 7) is 0. The molecule has 0 N–H and O–H groups in total. The third kappa shape index (κ3) is 1.74. The molecular formula is C12H10NO. The lowest BCUT2D eigenvalue weighted by Crippen LogP contribution is -1.85. The molecule has 0 atom stereocenters. The Bertz CT molecular complexity index is 412. The Balaban J connectivity index is 2.42. The van der Waals surface area contributed by atoms with Crippen LogP contribution in [0.3, 0.4) is 0 Å². The fraction of sp³-hybridized carbons (Fsp3) is 0.0833. The molecule has 0 bridgehead atoms. The quantitative estimate of drug-likeness (QED) is 0.715. The number of hydrogen-bond acceptors (Lipinski definition) is 2. The predicted octanol–water partition coefficient (Wildman–Crippen LogP) is 2.56. The van der Waals surface area contributed by atoms with Crippen LogP contribution in [-0.2, 0) is 0 Å². The van der Waals surface area contributed by atoms with Gasteiger partial charge in [0.2, 0.25) is 0 Å². The summed E-state index contributed by atoms with van der Waals surface area (Å²) in [6, 6.07) is 12.7. The van der Waals surface area contributed by atoms with E-state index >= 15 is 0 Å². The molecule has 0 unspecified atom stereocenters. The van der Waals surface area contributed by atoms with E-state index in [2.05, 4.69) is 11.1 Å². The van der Waals surface area contributed by atoms with Crippen LogP contribution in [0.2, 0.25) is 0 Å². The molecule has 0 spiro atoms. The van der Waals surface area contributed by atoms with Gasteiger partial charge in [0.25, 0.3) is 0 Å². The maximum atomic E-state index is 5.11. The second kappa shape index (κ2) is 3.92. The lowest BCUT2D eigenvalue weighted by molar-refractivity contribution is 0.413. The molecule has 0 aliphatic rings. The first-order chi connectivity index (χ1) is 6.90. The van der Waals surface area contributed by atoms with Crippen molar-refractivity contribution in [3.05, 3.63) is 48.8 Å². The van der Waals surface area contributed by atoms with Crippen LogP contribution in [0.15, 0.2) is 42.7 Å². The molecule has 0 saturated heterocycles. The van der Waals surface area contributed by atoms with E-state index in [9.17, 15) is 0 Å². The fourth-order valence-corrected chi connectivity index (χ4v) is 1.27. The first kappa shape index (κ1) is 8.75. The summed E-state index contributed by atoms with van der Waals surface area (Å²) in [5, 5.41) is 0. The zero-order chi connectivity index (χ0) is 9.80. The highest BCUT2D eigenvalue weighted by molar-refractivity contribution is 5.63. The van der Waals surface area contributed by atoms with Gasteiger partial charge in [-0.3, -0.25) is 4.98 Å². The molecule has 14 heavy (non-hydrogen) atoms. The Morgan fingerprint density at radius 2 is 1.93 bits per heavy atom. The number of aromatic nitrogens is 1. The van der Waals surface area contributed by atoms with Crippen molar-refractivity contribution in [1.29, 1.82) is 0 Å². The van der Waals surface area contributed by atoms with Crippen LogP contribution in [-0.4, -0.2) is 12.1 Å². The van der Waals surface area contributed by atoms with E-state index in [1.807, 2.05) is 36.5 Å². The summed E-state index contributed by atoms with van der Waals surface area (Å²) < 4.78 is 5.11. The smallest absolute Gasteiger partial charge is 0.137 e. The number of pyridine rings is 1. The lowest BCUT2D eigenvalue weighted by atomic mass is 10.1. The molecule has 2 heteroatoms. The Morgan fingerprint density at radius 1 is 1.14 bits per heavy atom. The summed E-state index contributed by atoms with van der Waals surface area (Å²) in [5.41, 5.74) is 2.17. The molecule has 0 fully saturated rings. The molecule has 1 radical (unpaired) electrons. The summed E-state index contributed by atoms with van der Waals surface area (Å²) in [5.74, 6) is 0.773. The number of ether oxygens (including phenoxy) is 1. The van der Waals surface area contributed by atoms with Crippen molar-refractivity contribution in [1.82, 2.24) is 4.98 Å². The Kier molecular flexibility index (Phi) is 2.45. The third-order valence-corrected chi connectivity index (χ3v) is 2.00. The minimum atomic E-state index is 0.773. The Labute approximate surface area is 83.2 Å². The summed E-state index contributed by atoms with van der Waals surface area (Å²) in [4.78, 5) is 4.10. The van der Waals surface area contributed by atoms with E-state index in [1.54, 1.807) is 13.3 Å². The predicted molar refractivity (Wildman–Crippen MR) is 55.1 cm³/mol. The largest absolute Gasteiger partial charge is 0.495 e. The van der Waals surface area contributed by atoms with Gasteiger partial charge in [-0.15, -0.1) is 0 Å². The van der Waals surface area contributed by atoms with Crippen LogP contribution in [0.5, 0.6) is 5.75 Å². The SMILES string of the molecule is COc1cncc(-c2cc[c]cc2)c1.